The van der Waals surface area contributed by atoms with Gasteiger partial charge in [0.25, 0.3) is 0 Å². The van der Waals surface area contributed by atoms with Crippen molar-refractivity contribution < 1.29 is 9.13 Å². The Balaban J connectivity index is 1.76. The molecule has 0 spiro atoms. The van der Waals surface area contributed by atoms with Crippen LogP contribution in [0.3, 0.4) is 0 Å². The van der Waals surface area contributed by atoms with Gasteiger partial charge in [-0.2, -0.15) is 0 Å². The summed E-state index contributed by atoms with van der Waals surface area (Å²) in [4.78, 5) is 0. The number of hydrogen-bond donors (Lipinski definition) is 1. The number of nitrogens with zero attached hydrogens (tertiary/aromatic N) is 1. The van der Waals surface area contributed by atoms with E-state index < -0.39 is 0 Å². The number of fused-ring (bicyclic) bond motifs is 1. The molecule has 1 aromatic carbocycles. The van der Waals surface area contributed by atoms with Crippen LogP contribution in [0, 0.1) is 5.82 Å². The van der Waals surface area contributed by atoms with Gasteiger partial charge >= 0.3 is 0 Å². The number of benzene rings is 1. The Morgan fingerprint density at radius 1 is 1.42 bits per heavy atom. The molecule has 4 heteroatoms. The minimum absolute atomic E-state index is 0.148. The lowest BCUT2D eigenvalue weighted by molar-refractivity contribution is 0.251. The molecule has 0 radical (unpaired) electrons. The van der Waals surface area contributed by atoms with Crippen LogP contribution in [-0.4, -0.2) is 11.2 Å². The molecule has 0 amide bonds. The normalized spacial score (nSPS) is 17.9. The Morgan fingerprint density at radius 3 is 3.11 bits per heavy atom. The molecule has 1 aliphatic rings. The largest absolute Gasteiger partial charge is 0.493 e. The standard InChI is InChI=1S/C15H17FN2O/c1-18-7-2-3-12(18)10-17-14-6-8-19-15-5-4-11(16)9-13(14)15/h2-5,7,9,14,17H,6,8,10H2,1H3/t14-/m1/s1. The number of hydrogen-bond acceptors (Lipinski definition) is 2. The van der Waals surface area contributed by atoms with Gasteiger partial charge in [-0.25, -0.2) is 4.39 Å². The first-order chi connectivity index (χ1) is 9.24. The summed E-state index contributed by atoms with van der Waals surface area (Å²) in [5, 5.41) is 3.48. The maximum atomic E-state index is 13.4. The Kier molecular flexibility index (Phi) is 3.25. The molecule has 2 aromatic rings. The second-order valence-electron chi connectivity index (χ2n) is 4.86. The highest BCUT2D eigenvalue weighted by molar-refractivity contribution is 5.38. The van der Waals surface area contributed by atoms with Crippen molar-refractivity contribution in [3.05, 3.63) is 53.6 Å². The molecule has 3 nitrogen and oxygen atoms in total. The molecule has 0 saturated heterocycles. The first-order valence-electron chi connectivity index (χ1n) is 6.50. The highest BCUT2D eigenvalue weighted by Gasteiger charge is 2.21. The molecule has 3 rings (SSSR count). The van der Waals surface area contributed by atoms with Crippen LogP contribution in [0.4, 0.5) is 4.39 Å². The molecule has 2 heterocycles. The van der Waals surface area contributed by atoms with Crippen molar-refractivity contribution in [2.75, 3.05) is 6.61 Å². The van der Waals surface area contributed by atoms with Gasteiger partial charge in [0.1, 0.15) is 11.6 Å². The number of rotatable bonds is 3. The smallest absolute Gasteiger partial charge is 0.124 e. The van der Waals surface area contributed by atoms with E-state index in [1.807, 2.05) is 19.3 Å². The summed E-state index contributed by atoms with van der Waals surface area (Å²) in [5.41, 5.74) is 2.13. The predicted octanol–water partition coefficient (Wildman–Crippen LogP) is 2.78. The van der Waals surface area contributed by atoms with Crippen molar-refractivity contribution in [1.82, 2.24) is 9.88 Å². The van der Waals surface area contributed by atoms with Gasteiger partial charge in [0.2, 0.25) is 0 Å². The fourth-order valence-corrected chi connectivity index (χ4v) is 2.49. The van der Waals surface area contributed by atoms with Crippen LogP contribution >= 0.6 is 0 Å². The van der Waals surface area contributed by atoms with Crippen LogP contribution in [0.25, 0.3) is 0 Å². The maximum absolute atomic E-state index is 13.4. The first-order valence-corrected chi connectivity index (χ1v) is 6.50. The number of ether oxygens (including phenoxy) is 1. The zero-order valence-electron chi connectivity index (χ0n) is 10.9. The average molecular weight is 260 g/mol. The first kappa shape index (κ1) is 12.2. The van der Waals surface area contributed by atoms with Gasteiger partial charge in [-0.3, -0.25) is 0 Å². The predicted molar refractivity (Wildman–Crippen MR) is 71.5 cm³/mol. The molecule has 0 saturated carbocycles. The maximum Gasteiger partial charge on any atom is 0.124 e. The van der Waals surface area contributed by atoms with Crippen LogP contribution in [0.15, 0.2) is 36.5 Å². The SMILES string of the molecule is Cn1cccc1CN[C@@H]1CCOc2ccc(F)cc21. The lowest BCUT2D eigenvalue weighted by Crippen LogP contribution is -2.27. The summed E-state index contributed by atoms with van der Waals surface area (Å²) in [7, 11) is 2.02. The van der Waals surface area contributed by atoms with Crippen LogP contribution in [-0.2, 0) is 13.6 Å². The Bertz CT molecular complexity index is 579. The van der Waals surface area contributed by atoms with E-state index in [2.05, 4.69) is 16.0 Å². The Morgan fingerprint density at radius 2 is 2.32 bits per heavy atom. The highest BCUT2D eigenvalue weighted by atomic mass is 19.1. The van der Waals surface area contributed by atoms with E-state index in [1.54, 1.807) is 12.1 Å². The molecule has 1 aliphatic heterocycles. The van der Waals surface area contributed by atoms with Crippen molar-refractivity contribution in [1.29, 1.82) is 0 Å². The third-order valence-corrected chi connectivity index (χ3v) is 3.59. The Labute approximate surface area is 112 Å². The fourth-order valence-electron chi connectivity index (χ4n) is 2.49. The lowest BCUT2D eigenvalue weighted by Gasteiger charge is -2.27. The van der Waals surface area contributed by atoms with Crippen molar-refractivity contribution >= 4 is 0 Å². The minimum atomic E-state index is -0.213. The van der Waals surface area contributed by atoms with Gasteiger partial charge in [-0.1, -0.05) is 0 Å². The molecule has 0 bridgehead atoms. The second-order valence-corrected chi connectivity index (χ2v) is 4.86. The van der Waals surface area contributed by atoms with Crippen LogP contribution in [0.1, 0.15) is 23.7 Å². The second kappa shape index (κ2) is 5.05. The van der Waals surface area contributed by atoms with E-state index in [-0.39, 0.29) is 11.9 Å². The van der Waals surface area contributed by atoms with Crippen molar-refractivity contribution in [2.45, 2.75) is 19.0 Å². The van der Waals surface area contributed by atoms with Crippen molar-refractivity contribution in [2.24, 2.45) is 7.05 Å². The summed E-state index contributed by atoms with van der Waals surface area (Å²) in [5.74, 6) is 0.576. The molecule has 0 unspecified atom stereocenters. The van der Waals surface area contributed by atoms with Gasteiger partial charge in [0, 0.05) is 43.5 Å². The highest BCUT2D eigenvalue weighted by Crippen LogP contribution is 2.32. The van der Waals surface area contributed by atoms with Crippen LogP contribution < -0.4 is 10.1 Å². The number of nitrogens with one attached hydrogen (secondary N) is 1. The monoisotopic (exact) mass is 260 g/mol. The molecule has 1 aromatic heterocycles. The topological polar surface area (TPSA) is 26.2 Å². The molecule has 1 N–H and O–H groups in total. The van der Waals surface area contributed by atoms with Gasteiger partial charge in [-0.05, 0) is 30.3 Å². The van der Waals surface area contributed by atoms with Crippen LogP contribution in [0.5, 0.6) is 5.75 Å². The third kappa shape index (κ3) is 2.49. The van der Waals surface area contributed by atoms with Gasteiger partial charge < -0.3 is 14.6 Å². The summed E-state index contributed by atoms with van der Waals surface area (Å²) in [6, 6.07) is 8.97. The van der Waals surface area contributed by atoms with Gasteiger partial charge in [-0.15, -0.1) is 0 Å². The summed E-state index contributed by atoms with van der Waals surface area (Å²) >= 11 is 0. The van der Waals surface area contributed by atoms with Crippen LogP contribution in [0.2, 0.25) is 0 Å². The average Bonchev–Trinajstić information content (AvgIpc) is 2.82. The van der Waals surface area contributed by atoms with E-state index >= 15 is 0 Å². The lowest BCUT2D eigenvalue weighted by atomic mass is 10.0. The minimum Gasteiger partial charge on any atom is -0.493 e. The quantitative estimate of drug-likeness (QED) is 0.918. The molecule has 0 aliphatic carbocycles. The summed E-state index contributed by atoms with van der Waals surface area (Å²) in [6.45, 7) is 1.44. The summed E-state index contributed by atoms with van der Waals surface area (Å²) in [6.07, 6.45) is 2.88. The molecular weight excluding hydrogens is 243 g/mol. The summed E-state index contributed by atoms with van der Waals surface area (Å²) < 4.78 is 21.0. The zero-order chi connectivity index (χ0) is 13.2. The Hall–Kier alpha value is -1.81. The van der Waals surface area contributed by atoms with E-state index in [0.717, 1.165) is 24.3 Å². The van der Waals surface area contributed by atoms with Gasteiger partial charge in [0.05, 0.1) is 6.61 Å². The molecule has 1 atom stereocenters. The van der Waals surface area contributed by atoms with Crippen molar-refractivity contribution in [3.8, 4) is 5.75 Å². The van der Waals surface area contributed by atoms with E-state index in [9.17, 15) is 4.39 Å². The van der Waals surface area contributed by atoms with Crippen molar-refractivity contribution in [3.63, 3.8) is 0 Å². The van der Waals surface area contributed by atoms with Gasteiger partial charge in [0.15, 0.2) is 0 Å². The van der Waals surface area contributed by atoms with E-state index in [0.29, 0.717) is 6.61 Å². The molecule has 100 valence electrons. The molecular formula is C15H17FN2O. The molecule has 0 fully saturated rings. The number of aromatic nitrogens is 1. The molecule has 19 heavy (non-hydrogen) atoms. The third-order valence-electron chi connectivity index (χ3n) is 3.59. The number of halogens is 1. The fraction of sp³-hybridized carbons (Fsp3) is 0.333. The zero-order valence-corrected chi connectivity index (χ0v) is 10.9. The number of aryl methyl sites for hydroxylation is 1. The van der Waals surface area contributed by atoms with E-state index in [1.165, 1.54) is 11.8 Å². The van der Waals surface area contributed by atoms with E-state index in [4.69, 9.17) is 4.74 Å².